The summed E-state index contributed by atoms with van der Waals surface area (Å²) < 4.78 is 0.940. The molecule has 2 rings (SSSR count). The van der Waals surface area contributed by atoms with E-state index in [2.05, 4.69) is 27.8 Å². The van der Waals surface area contributed by atoms with E-state index in [4.69, 9.17) is 0 Å². The molecular weight excluding hydrogens is 286 g/mol. The van der Waals surface area contributed by atoms with Crippen LogP contribution in [0.2, 0.25) is 0 Å². The number of carbonyl (C=O) groups excluding carboxylic acids is 1. The van der Waals surface area contributed by atoms with Gasteiger partial charge in [0.2, 0.25) is 0 Å². The molecule has 1 atom stereocenters. The second-order valence-corrected chi connectivity index (χ2v) is 5.97. The Bertz CT molecular complexity index is 377. The Morgan fingerprint density at radius 3 is 3.12 bits per heavy atom. The van der Waals surface area contributed by atoms with Crippen molar-refractivity contribution >= 4 is 33.0 Å². The van der Waals surface area contributed by atoms with Gasteiger partial charge in [-0.15, -0.1) is 11.3 Å². The van der Waals surface area contributed by atoms with Crippen molar-refractivity contribution in [1.82, 2.24) is 4.90 Å². The summed E-state index contributed by atoms with van der Waals surface area (Å²) in [5.74, 6) is 0.252. The van der Waals surface area contributed by atoms with Gasteiger partial charge in [0.15, 0.2) is 5.78 Å². The number of hydrogen-bond acceptors (Lipinski definition) is 3. The molecule has 0 radical (unpaired) electrons. The lowest BCUT2D eigenvalue weighted by Crippen LogP contribution is -2.33. The second-order valence-electron chi connectivity index (χ2n) is 4.20. The highest BCUT2D eigenvalue weighted by molar-refractivity contribution is 9.10. The van der Waals surface area contributed by atoms with Gasteiger partial charge < -0.3 is 0 Å². The average Bonchev–Trinajstić information content (AvgIpc) is 2.86. The van der Waals surface area contributed by atoms with Crippen LogP contribution >= 0.6 is 27.3 Å². The number of likely N-dealkylation sites (tertiary alicyclic amines) is 1. The Morgan fingerprint density at radius 2 is 2.50 bits per heavy atom. The largest absolute Gasteiger partial charge is 0.293 e. The van der Waals surface area contributed by atoms with Gasteiger partial charge in [0.25, 0.3) is 0 Å². The zero-order valence-electron chi connectivity index (χ0n) is 9.41. The van der Waals surface area contributed by atoms with E-state index in [0.29, 0.717) is 12.6 Å². The van der Waals surface area contributed by atoms with Crippen LogP contribution in [-0.2, 0) is 0 Å². The summed E-state index contributed by atoms with van der Waals surface area (Å²) >= 11 is 4.95. The third-order valence-corrected chi connectivity index (χ3v) is 5.07. The highest BCUT2D eigenvalue weighted by Gasteiger charge is 2.25. The lowest BCUT2D eigenvalue weighted by molar-refractivity contribution is 0.0923. The fourth-order valence-electron chi connectivity index (χ4n) is 2.31. The Hall–Kier alpha value is -0.190. The van der Waals surface area contributed by atoms with Crippen LogP contribution in [0, 0.1) is 0 Å². The molecule has 16 heavy (non-hydrogen) atoms. The van der Waals surface area contributed by atoms with Crippen molar-refractivity contribution < 1.29 is 4.79 Å². The number of nitrogens with zero attached hydrogens (tertiary/aromatic N) is 1. The molecule has 0 bridgehead atoms. The fourth-order valence-corrected chi connectivity index (χ4v) is 3.84. The van der Waals surface area contributed by atoms with E-state index in [0.717, 1.165) is 22.3 Å². The molecule has 1 aliphatic heterocycles. The first-order valence-electron chi connectivity index (χ1n) is 5.72. The Kier molecular flexibility index (Phi) is 4.16. The Morgan fingerprint density at radius 1 is 1.69 bits per heavy atom. The molecule has 0 aliphatic carbocycles. The van der Waals surface area contributed by atoms with Crippen molar-refractivity contribution in [3.63, 3.8) is 0 Å². The van der Waals surface area contributed by atoms with Crippen LogP contribution in [0.1, 0.15) is 35.9 Å². The normalized spacial score (nSPS) is 21.5. The number of carbonyl (C=O) groups is 1. The predicted octanol–water partition coefficient (Wildman–Crippen LogP) is 3.57. The minimum atomic E-state index is 0.252. The first-order valence-corrected chi connectivity index (χ1v) is 7.40. The fraction of sp³-hybridized carbons (Fsp3) is 0.583. The van der Waals surface area contributed by atoms with E-state index < -0.39 is 0 Å². The van der Waals surface area contributed by atoms with Crippen LogP contribution in [0.4, 0.5) is 0 Å². The number of hydrogen-bond donors (Lipinski definition) is 0. The maximum atomic E-state index is 12.1. The molecule has 0 amide bonds. The summed E-state index contributed by atoms with van der Waals surface area (Å²) in [6, 6.07) is 2.56. The van der Waals surface area contributed by atoms with E-state index in [1.807, 2.05) is 11.4 Å². The third-order valence-electron chi connectivity index (χ3n) is 3.19. The second kappa shape index (κ2) is 5.43. The number of halogens is 1. The van der Waals surface area contributed by atoms with Gasteiger partial charge in [-0.25, -0.2) is 0 Å². The van der Waals surface area contributed by atoms with Gasteiger partial charge >= 0.3 is 0 Å². The van der Waals surface area contributed by atoms with E-state index >= 15 is 0 Å². The van der Waals surface area contributed by atoms with E-state index in [-0.39, 0.29) is 5.78 Å². The lowest BCUT2D eigenvalue weighted by Gasteiger charge is -2.22. The van der Waals surface area contributed by atoms with Gasteiger partial charge in [-0.3, -0.25) is 9.69 Å². The molecule has 0 saturated carbocycles. The summed E-state index contributed by atoms with van der Waals surface area (Å²) in [7, 11) is 0. The topological polar surface area (TPSA) is 20.3 Å². The average molecular weight is 302 g/mol. The number of rotatable bonds is 4. The van der Waals surface area contributed by atoms with E-state index in [9.17, 15) is 4.79 Å². The van der Waals surface area contributed by atoms with Crippen LogP contribution in [0.25, 0.3) is 0 Å². The smallest absolute Gasteiger partial charge is 0.187 e. The van der Waals surface area contributed by atoms with Crippen LogP contribution in [-0.4, -0.2) is 29.8 Å². The third kappa shape index (κ3) is 2.55. The molecule has 2 nitrogen and oxygen atoms in total. The minimum absolute atomic E-state index is 0.252. The van der Waals surface area contributed by atoms with Gasteiger partial charge in [-0.1, -0.05) is 6.92 Å². The van der Waals surface area contributed by atoms with Gasteiger partial charge in [-0.2, -0.15) is 0 Å². The first-order chi connectivity index (χ1) is 7.72. The molecule has 1 aromatic heterocycles. The standard InChI is InChI=1S/C12H16BrNOS/c1-2-9-4-3-6-14(9)8-11(15)12-10(13)5-7-16-12/h5,7,9H,2-4,6,8H2,1H3. The van der Waals surface area contributed by atoms with Crippen molar-refractivity contribution in [1.29, 1.82) is 0 Å². The zero-order valence-corrected chi connectivity index (χ0v) is 11.8. The highest BCUT2D eigenvalue weighted by atomic mass is 79.9. The minimum Gasteiger partial charge on any atom is -0.293 e. The molecule has 2 heterocycles. The molecule has 1 unspecified atom stereocenters. The van der Waals surface area contributed by atoms with Crippen LogP contribution in [0.3, 0.4) is 0 Å². The summed E-state index contributed by atoms with van der Waals surface area (Å²) in [6.07, 6.45) is 3.63. The van der Waals surface area contributed by atoms with Crippen LogP contribution < -0.4 is 0 Å². The SMILES string of the molecule is CCC1CCCN1CC(=O)c1sccc1Br. The number of ketones is 1. The van der Waals surface area contributed by atoms with Crippen molar-refractivity contribution in [3.05, 3.63) is 20.8 Å². The Labute approximate surface area is 109 Å². The van der Waals surface area contributed by atoms with Gasteiger partial charge in [0.05, 0.1) is 11.4 Å². The molecule has 0 aromatic carbocycles. The van der Waals surface area contributed by atoms with Crippen molar-refractivity contribution in [3.8, 4) is 0 Å². The first kappa shape index (κ1) is 12.3. The van der Waals surface area contributed by atoms with Crippen LogP contribution in [0.15, 0.2) is 15.9 Å². The zero-order chi connectivity index (χ0) is 11.5. The number of thiophene rings is 1. The molecule has 0 spiro atoms. The van der Waals surface area contributed by atoms with Gasteiger partial charge in [-0.05, 0) is 53.2 Å². The van der Waals surface area contributed by atoms with Crippen molar-refractivity contribution in [2.75, 3.05) is 13.1 Å². The number of Topliss-reactive ketones (excluding diaryl/α,β-unsaturated/α-hetero) is 1. The van der Waals surface area contributed by atoms with E-state index in [1.165, 1.54) is 24.2 Å². The quantitative estimate of drug-likeness (QED) is 0.793. The highest BCUT2D eigenvalue weighted by Crippen LogP contribution is 2.25. The maximum absolute atomic E-state index is 12.1. The Balaban J connectivity index is 2.00. The molecular formula is C12H16BrNOS. The summed E-state index contributed by atoms with van der Waals surface area (Å²) in [4.78, 5) is 15.3. The predicted molar refractivity (Wildman–Crippen MR) is 71.2 cm³/mol. The van der Waals surface area contributed by atoms with E-state index in [1.54, 1.807) is 0 Å². The van der Waals surface area contributed by atoms with Gasteiger partial charge in [0, 0.05) is 10.5 Å². The van der Waals surface area contributed by atoms with Crippen molar-refractivity contribution in [2.24, 2.45) is 0 Å². The summed E-state index contributed by atoms with van der Waals surface area (Å²) in [5, 5.41) is 1.96. The molecule has 0 N–H and O–H groups in total. The summed E-state index contributed by atoms with van der Waals surface area (Å²) in [5.41, 5.74) is 0. The molecule has 4 heteroatoms. The van der Waals surface area contributed by atoms with Gasteiger partial charge in [0.1, 0.15) is 0 Å². The molecule has 1 aromatic rings. The molecule has 88 valence electrons. The molecule has 1 fully saturated rings. The monoisotopic (exact) mass is 301 g/mol. The van der Waals surface area contributed by atoms with Crippen LogP contribution in [0.5, 0.6) is 0 Å². The molecule has 1 saturated heterocycles. The van der Waals surface area contributed by atoms with Crippen molar-refractivity contribution in [2.45, 2.75) is 32.2 Å². The maximum Gasteiger partial charge on any atom is 0.187 e. The summed E-state index contributed by atoms with van der Waals surface area (Å²) in [6.45, 7) is 3.86. The molecule has 1 aliphatic rings. The lowest BCUT2D eigenvalue weighted by atomic mass is 10.1.